The quantitative estimate of drug-likeness (QED) is 0.374. The second-order valence-corrected chi connectivity index (χ2v) is 7.45. The highest BCUT2D eigenvalue weighted by molar-refractivity contribution is 6.04. The highest BCUT2D eigenvalue weighted by Gasteiger charge is 2.45. The van der Waals surface area contributed by atoms with Gasteiger partial charge in [-0.1, -0.05) is 6.07 Å². The van der Waals surface area contributed by atoms with Crippen molar-refractivity contribution in [2.45, 2.75) is 36.6 Å². The number of phenols is 2. The molecule has 1 saturated heterocycles. The molecule has 6 atom stereocenters. The molecule has 0 aliphatic carbocycles. The molecule has 2 aromatic carbocycles. The van der Waals surface area contributed by atoms with Crippen LogP contribution in [0.25, 0.3) is 0 Å². The standard InChI is InChI=1S/C21H22O10/c22-7-16-18(26)19(27)20(28)21(31-16)30-15-5-9(1-4-13(15)24)12-8-29-14-6-10(23)2-3-11(14)17(12)25/h1-6,12,16,18-24,26-28H,7-8H2. The maximum atomic E-state index is 12.9. The second kappa shape index (κ2) is 8.33. The third-order valence-corrected chi connectivity index (χ3v) is 5.43. The van der Waals surface area contributed by atoms with Gasteiger partial charge in [0.15, 0.2) is 17.3 Å². The molecule has 2 aliphatic heterocycles. The van der Waals surface area contributed by atoms with E-state index in [-0.39, 0.29) is 35.4 Å². The monoisotopic (exact) mass is 434 g/mol. The number of aliphatic hydroxyl groups excluding tert-OH is 4. The van der Waals surface area contributed by atoms with Crippen molar-refractivity contribution in [2.75, 3.05) is 13.2 Å². The molecule has 0 saturated carbocycles. The van der Waals surface area contributed by atoms with Gasteiger partial charge in [0.05, 0.1) is 18.1 Å². The van der Waals surface area contributed by atoms with Crippen LogP contribution in [0.3, 0.4) is 0 Å². The summed E-state index contributed by atoms with van der Waals surface area (Å²) >= 11 is 0. The van der Waals surface area contributed by atoms with Gasteiger partial charge in [0, 0.05) is 6.07 Å². The molecule has 4 rings (SSSR count). The lowest BCUT2D eigenvalue weighted by atomic mass is 9.89. The molecule has 0 bridgehead atoms. The number of ketones is 1. The summed E-state index contributed by atoms with van der Waals surface area (Å²) in [6.45, 7) is -0.626. The van der Waals surface area contributed by atoms with E-state index in [2.05, 4.69) is 0 Å². The van der Waals surface area contributed by atoms with Gasteiger partial charge >= 0.3 is 0 Å². The molecule has 10 heteroatoms. The number of aliphatic hydroxyl groups is 4. The van der Waals surface area contributed by atoms with Crippen molar-refractivity contribution in [1.29, 1.82) is 0 Å². The highest BCUT2D eigenvalue weighted by Crippen LogP contribution is 2.38. The molecule has 166 valence electrons. The molecule has 0 amide bonds. The predicted molar refractivity (Wildman–Crippen MR) is 103 cm³/mol. The van der Waals surface area contributed by atoms with Crippen LogP contribution in [0.2, 0.25) is 0 Å². The minimum absolute atomic E-state index is 0.000448. The Kier molecular flexibility index (Phi) is 5.73. The molecule has 2 heterocycles. The summed E-state index contributed by atoms with van der Waals surface area (Å²) in [4.78, 5) is 12.9. The summed E-state index contributed by atoms with van der Waals surface area (Å²) in [6.07, 6.45) is -7.49. The zero-order valence-corrected chi connectivity index (χ0v) is 16.2. The van der Waals surface area contributed by atoms with Gasteiger partial charge in [0.1, 0.15) is 42.5 Å². The van der Waals surface area contributed by atoms with E-state index < -0.39 is 43.2 Å². The van der Waals surface area contributed by atoms with Crippen molar-refractivity contribution in [1.82, 2.24) is 0 Å². The summed E-state index contributed by atoms with van der Waals surface area (Å²) in [5.41, 5.74) is 0.764. The van der Waals surface area contributed by atoms with Crippen LogP contribution >= 0.6 is 0 Å². The number of benzene rings is 2. The minimum Gasteiger partial charge on any atom is -0.508 e. The topological polar surface area (TPSA) is 166 Å². The number of hydrogen-bond donors (Lipinski definition) is 6. The molecule has 10 nitrogen and oxygen atoms in total. The predicted octanol–water partition coefficient (Wildman–Crippen LogP) is -0.365. The molecule has 1 fully saturated rings. The second-order valence-electron chi connectivity index (χ2n) is 7.45. The maximum absolute atomic E-state index is 12.9. The highest BCUT2D eigenvalue weighted by atomic mass is 16.7. The van der Waals surface area contributed by atoms with Crippen LogP contribution in [-0.4, -0.2) is 80.3 Å². The summed E-state index contributed by atoms with van der Waals surface area (Å²) in [5.74, 6) is -1.15. The van der Waals surface area contributed by atoms with E-state index in [9.17, 15) is 35.4 Å². The van der Waals surface area contributed by atoms with E-state index >= 15 is 0 Å². The first-order valence-electron chi connectivity index (χ1n) is 9.60. The number of aromatic hydroxyl groups is 2. The number of carbonyl (C=O) groups is 1. The van der Waals surface area contributed by atoms with Crippen LogP contribution in [0.5, 0.6) is 23.0 Å². The van der Waals surface area contributed by atoms with Gasteiger partial charge in [-0.15, -0.1) is 0 Å². The van der Waals surface area contributed by atoms with E-state index in [0.717, 1.165) is 0 Å². The van der Waals surface area contributed by atoms with Crippen LogP contribution in [0.4, 0.5) is 0 Å². The molecule has 2 aromatic rings. The fourth-order valence-corrected chi connectivity index (χ4v) is 3.65. The van der Waals surface area contributed by atoms with E-state index in [4.69, 9.17) is 14.2 Å². The largest absolute Gasteiger partial charge is 0.508 e. The first kappa shape index (κ1) is 21.3. The Balaban J connectivity index is 1.58. The summed E-state index contributed by atoms with van der Waals surface area (Å²) in [5, 5.41) is 59.0. The zero-order valence-electron chi connectivity index (χ0n) is 16.2. The molecule has 31 heavy (non-hydrogen) atoms. The Morgan fingerprint density at radius 2 is 1.77 bits per heavy atom. The van der Waals surface area contributed by atoms with Crippen molar-refractivity contribution in [2.24, 2.45) is 0 Å². The number of rotatable bonds is 4. The average Bonchev–Trinajstić information content (AvgIpc) is 2.76. The van der Waals surface area contributed by atoms with Gasteiger partial charge in [-0.05, 0) is 29.8 Å². The SMILES string of the molecule is O=C1c2ccc(O)cc2OCC1c1ccc(O)c(OC2OC(CO)C(O)C(O)C2O)c1. The van der Waals surface area contributed by atoms with Crippen molar-refractivity contribution in [3.05, 3.63) is 47.5 Å². The van der Waals surface area contributed by atoms with Gasteiger partial charge in [0.2, 0.25) is 6.29 Å². The van der Waals surface area contributed by atoms with E-state index in [0.29, 0.717) is 11.1 Å². The molecule has 2 aliphatic rings. The fraction of sp³-hybridized carbons (Fsp3) is 0.381. The molecular formula is C21H22O10. The normalized spacial score (nSPS) is 30.4. The first-order valence-corrected chi connectivity index (χ1v) is 9.60. The van der Waals surface area contributed by atoms with Gasteiger partial charge in [-0.3, -0.25) is 4.79 Å². The fourth-order valence-electron chi connectivity index (χ4n) is 3.65. The third-order valence-electron chi connectivity index (χ3n) is 5.43. The number of phenolic OH excluding ortho intramolecular Hbond substituents is 2. The lowest BCUT2D eigenvalue weighted by Crippen LogP contribution is -2.60. The lowest BCUT2D eigenvalue weighted by molar-refractivity contribution is -0.277. The molecule has 0 aromatic heterocycles. The molecule has 0 spiro atoms. The van der Waals surface area contributed by atoms with Crippen molar-refractivity contribution in [3.8, 4) is 23.0 Å². The lowest BCUT2D eigenvalue weighted by Gasteiger charge is -2.39. The van der Waals surface area contributed by atoms with Gasteiger partial charge < -0.3 is 44.8 Å². The van der Waals surface area contributed by atoms with Crippen molar-refractivity contribution in [3.63, 3.8) is 0 Å². The first-order chi connectivity index (χ1) is 14.8. The summed E-state index contributed by atoms with van der Waals surface area (Å²) in [6, 6.07) is 8.40. The average molecular weight is 434 g/mol. The molecule has 0 radical (unpaired) electrons. The Labute approximate surface area is 176 Å². The molecule has 6 N–H and O–H groups in total. The Morgan fingerprint density at radius 1 is 1.00 bits per heavy atom. The van der Waals surface area contributed by atoms with Gasteiger partial charge in [-0.2, -0.15) is 0 Å². The number of Topliss-reactive ketones (excluding diaryl/α,β-unsaturated/α-hetero) is 1. The maximum Gasteiger partial charge on any atom is 0.229 e. The Bertz CT molecular complexity index is 975. The Morgan fingerprint density at radius 3 is 2.52 bits per heavy atom. The third kappa shape index (κ3) is 3.91. The van der Waals surface area contributed by atoms with Crippen LogP contribution < -0.4 is 9.47 Å². The van der Waals surface area contributed by atoms with Crippen molar-refractivity contribution >= 4 is 5.78 Å². The molecule has 6 unspecified atom stereocenters. The summed E-state index contributed by atoms with van der Waals surface area (Å²) in [7, 11) is 0. The van der Waals surface area contributed by atoms with Crippen LogP contribution in [0.1, 0.15) is 21.8 Å². The van der Waals surface area contributed by atoms with E-state index in [1.165, 1.54) is 36.4 Å². The number of ether oxygens (including phenoxy) is 3. The Hall–Kier alpha value is -2.89. The number of hydrogen-bond acceptors (Lipinski definition) is 10. The van der Waals surface area contributed by atoms with Crippen molar-refractivity contribution < 1.29 is 49.6 Å². The van der Waals surface area contributed by atoms with Crippen LogP contribution in [0.15, 0.2) is 36.4 Å². The minimum atomic E-state index is -1.65. The van der Waals surface area contributed by atoms with Gasteiger partial charge in [0.25, 0.3) is 0 Å². The van der Waals surface area contributed by atoms with Gasteiger partial charge in [-0.25, -0.2) is 0 Å². The molecular weight excluding hydrogens is 412 g/mol. The van der Waals surface area contributed by atoms with E-state index in [1.807, 2.05) is 0 Å². The summed E-state index contributed by atoms with van der Waals surface area (Å²) < 4.78 is 16.4. The smallest absolute Gasteiger partial charge is 0.229 e. The number of fused-ring (bicyclic) bond motifs is 1. The zero-order chi connectivity index (χ0) is 22.3. The van der Waals surface area contributed by atoms with Crippen LogP contribution in [-0.2, 0) is 4.74 Å². The van der Waals surface area contributed by atoms with Crippen LogP contribution in [0, 0.1) is 0 Å². The van der Waals surface area contributed by atoms with E-state index in [1.54, 1.807) is 0 Å². The number of carbonyl (C=O) groups excluding carboxylic acids is 1.